The fourth-order valence-corrected chi connectivity index (χ4v) is 4.52. The average molecular weight is 456 g/mol. The molecule has 0 fully saturated rings. The number of nitrogens with zero attached hydrogens (tertiary/aromatic N) is 2. The summed E-state index contributed by atoms with van der Waals surface area (Å²) >= 11 is 11.3. The standard InChI is InChI=1S/C16H11BrFN3OS3/c17-10-2-1-3-12(8-10)19-14(22)9-24-15-20-21(16(23)25-15)13-6-4-11(18)5-7-13/h1-8H,9H2,(H,19,22). The SMILES string of the molecule is O=C(CSc1nn(-c2ccc(F)cc2)c(=S)s1)Nc1cccc(Br)c1. The summed E-state index contributed by atoms with van der Waals surface area (Å²) in [6.07, 6.45) is 0. The average Bonchev–Trinajstić information content (AvgIpc) is 2.95. The zero-order valence-corrected chi connectivity index (χ0v) is 16.6. The zero-order chi connectivity index (χ0) is 17.8. The predicted molar refractivity (Wildman–Crippen MR) is 106 cm³/mol. The first-order valence-corrected chi connectivity index (χ1v) is 10.1. The van der Waals surface area contributed by atoms with Crippen molar-refractivity contribution in [1.29, 1.82) is 0 Å². The van der Waals surface area contributed by atoms with E-state index in [-0.39, 0.29) is 17.5 Å². The number of nitrogens with one attached hydrogen (secondary N) is 1. The Bertz CT molecular complexity index is 956. The van der Waals surface area contributed by atoms with E-state index in [0.29, 0.717) is 14.0 Å². The van der Waals surface area contributed by atoms with Crippen LogP contribution < -0.4 is 5.32 Å². The highest BCUT2D eigenvalue weighted by Crippen LogP contribution is 2.24. The summed E-state index contributed by atoms with van der Waals surface area (Å²) < 4.78 is 16.7. The van der Waals surface area contributed by atoms with Crippen molar-refractivity contribution < 1.29 is 9.18 Å². The van der Waals surface area contributed by atoms with E-state index >= 15 is 0 Å². The number of carbonyl (C=O) groups excluding carboxylic acids is 1. The number of anilines is 1. The molecule has 0 aliphatic rings. The Kier molecular flexibility index (Phi) is 6.00. The van der Waals surface area contributed by atoms with E-state index in [1.54, 1.807) is 16.8 Å². The van der Waals surface area contributed by atoms with Crippen molar-refractivity contribution in [3.8, 4) is 5.69 Å². The summed E-state index contributed by atoms with van der Waals surface area (Å²) in [5.74, 6) is -0.222. The van der Waals surface area contributed by atoms with Gasteiger partial charge in [0.05, 0.1) is 11.4 Å². The number of rotatable bonds is 5. The minimum atomic E-state index is -0.315. The van der Waals surface area contributed by atoms with E-state index in [1.807, 2.05) is 24.3 Å². The molecule has 0 saturated carbocycles. The first-order chi connectivity index (χ1) is 12.0. The lowest BCUT2D eigenvalue weighted by molar-refractivity contribution is -0.113. The molecule has 3 aromatic rings. The zero-order valence-electron chi connectivity index (χ0n) is 12.6. The second-order valence-electron chi connectivity index (χ2n) is 4.87. The molecule has 0 aliphatic heterocycles. The van der Waals surface area contributed by atoms with Crippen LogP contribution in [0.2, 0.25) is 0 Å². The molecule has 9 heteroatoms. The molecule has 1 aromatic heterocycles. The van der Waals surface area contributed by atoms with Crippen LogP contribution in [0.3, 0.4) is 0 Å². The molecule has 3 rings (SSSR count). The third kappa shape index (κ3) is 4.97. The minimum absolute atomic E-state index is 0.127. The highest BCUT2D eigenvalue weighted by Gasteiger charge is 2.10. The van der Waals surface area contributed by atoms with Crippen LogP contribution in [0, 0.1) is 9.77 Å². The number of benzene rings is 2. The molecule has 1 heterocycles. The van der Waals surface area contributed by atoms with E-state index in [9.17, 15) is 9.18 Å². The monoisotopic (exact) mass is 455 g/mol. The smallest absolute Gasteiger partial charge is 0.234 e. The first-order valence-electron chi connectivity index (χ1n) is 7.05. The summed E-state index contributed by atoms with van der Waals surface area (Å²) in [5.41, 5.74) is 1.41. The predicted octanol–water partition coefficient (Wildman–Crippen LogP) is 5.30. The largest absolute Gasteiger partial charge is 0.325 e. The van der Waals surface area contributed by atoms with Crippen LogP contribution >= 0.6 is 51.2 Å². The maximum Gasteiger partial charge on any atom is 0.234 e. The van der Waals surface area contributed by atoms with Gasteiger partial charge in [0.25, 0.3) is 0 Å². The summed E-state index contributed by atoms with van der Waals surface area (Å²) in [6, 6.07) is 13.3. The van der Waals surface area contributed by atoms with Gasteiger partial charge in [-0.25, -0.2) is 9.07 Å². The van der Waals surface area contributed by atoms with Crippen LogP contribution in [0.1, 0.15) is 0 Å². The molecule has 1 amide bonds. The third-order valence-electron chi connectivity index (χ3n) is 3.04. The molecule has 4 nitrogen and oxygen atoms in total. The van der Waals surface area contributed by atoms with Gasteiger partial charge in [0, 0.05) is 10.2 Å². The maximum atomic E-state index is 13.0. The van der Waals surface area contributed by atoms with Crippen molar-refractivity contribution in [2.45, 2.75) is 4.34 Å². The Hall–Kier alpha value is -1.55. The number of hydrogen-bond acceptors (Lipinski definition) is 5. The van der Waals surface area contributed by atoms with E-state index in [1.165, 1.54) is 35.2 Å². The molecular weight excluding hydrogens is 445 g/mol. The normalized spacial score (nSPS) is 10.6. The lowest BCUT2D eigenvalue weighted by Crippen LogP contribution is -2.13. The van der Waals surface area contributed by atoms with Gasteiger partial charge in [-0.05, 0) is 54.7 Å². The van der Waals surface area contributed by atoms with Crippen molar-refractivity contribution in [3.63, 3.8) is 0 Å². The highest BCUT2D eigenvalue weighted by atomic mass is 79.9. The van der Waals surface area contributed by atoms with E-state index in [2.05, 4.69) is 26.3 Å². The quantitative estimate of drug-likeness (QED) is 0.419. The van der Waals surface area contributed by atoms with Gasteiger partial charge in [0.1, 0.15) is 5.82 Å². The van der Waals surface area contributed by atoms with Crippen LogP contribution in [0.5, 0.6) is 0 Å². The van der Waals surface area contributed by atoms with Gasteiger partial charge < -0.3 is 5.32 Å². The number of thioether (sulfide) groups is 1. The van der Waals surface area contributed by atoms with Crippen molar-refractivity contribution in [2.24, 2.45) is 0 Å². The van der Waals surface area contributed by atoms with E-state index in [4.69, 9.17) is 12.2 Å². The van der Waals surface area contributed by atoms with Gasteiger partial charge in [0.15, 0.2) is 8.29 Å². The number of amides is 1. The molecule has 0 bridgehead atoms. The van der Waals surface area contributed by atoms with E-state index < -0.39 is 0 Å². The Morgan fingerprint density at radius 2 is 2.08 bits per heavy atom. The molecule has 0 aliphatic carbocycles. The first kappa shape index (κ1) is 18.2. The Labute approximate surface area is 165 Å². The van der Waals surface area contributed by atoms with Crippen molar-refractivity contribution in [2.75, 3.05) is 11.1 Å². The summed E-state index contributed by atoms with van der Waals surface area (Å²) in [5, 5.41) is 7.21. The molecular formula is C16H11BrFN3OS3. The van der Waals surface area contributed by atoms with Crippen LogP contribution in [-0.4, -0.2) is 21.4 Å². The van der Waals surface area contributed by atoms with Gasteiger partial charge in [-0.2, -0.15) is 0 Å². The molecule has 0 unspecified atom stereocenters. The maximum absolute atomic E-state index is 13.0. The molecule has 2 aromatic carbocycles. The summed E-state index contributed by atoms with van der Waals surface area (Å²) in [4.78, 5) is 12.1. The Balaban J connectivity index is 1.64. The van der Waals surface area contributed by atoms with Crippen molar-refractivity contribution >= 4 is 62.8 Å². The molecule has 25 heavy (non-hydrogen) atoms. The molecule has 0 atom stereocenters. The lowest BCUT2D eigenvalue weighted by Gasteiger charge is -2.04. The van der Waals surface area contributed by atoms with Gasteiger partial charge in [-0.1, -0.05) is 45.1 Å². The van der Waals surface area contributed by atoms with Crippen LogP contribution in [0.25, 0.3) is 5.69 Å². The van der Waals surface area contributed by atoms with Gasteiger partial charge in [-0.3, -0.25) is 4.79 Å². The molecule has 0 radical (unpaired) electrons. The van der Waals surface area contributed by atoms with Gasteiger partial charge in [0.2, 0.25) is 5.91 Å². The second kappa shape index (κ2) is 8.22. The fourth-order valence-electron chi connectivity index (χ4n) is 1.96. The molecule has 0 spiro atoms. The van der Waals surface area contributed by atoms with E-state index in [0.717, 1.165) is 10.2 Å². The molecule has 0 saturated heterocycles. The van der Waals surface area contributed by atoms with Gasteiger partial charge >= 0.3 is 0 Å². The summed E-state index contributed by atoms with van der Waals surface area (Å²) in [7, 11) is 0. The van der Waals surface area contributed by atoms with Crippen LogP contribution in [0.4, 0.5) is 10.1 Å². The Morgan fingerprint density at radius 3 is 2.80 bits per heavy atom. The molecule has 128 valence electrons. The number of halogens is 2. The Morgan fingerprint density at radius 1 is 1.32 bits per heavy atom. The topological polar surface area (TPSA) is 46.9 Å². The summed E-state index contributed by atoms with van der Waals surface area (Å²) in [6.45, 7) is 0. The lowest BCUT2D eigenvalue weighted by atomic mass is 10.3. The number of carbonyl (C=O) groups is 1. The highest BCUT2D eigenvalue weighted by molar-refractivity contribution is 9.10. The fraction of sp³-hybridized carbons (Fsp3) is 0.0625. The number of hydrogen-bond donors (Lipinski definition) is 1. The van der Waals surface area contributed by atoms with Gasteiger partial charge in [-0.15, -0.1) is 5.10 Å². The third-order valence-corrected chi connectivity index (χ3v) is 5.89. The second-order valence-corrected chi connectivity index (χ2v) is 8.63. The number of aromatic nitrogens is 2. The molecule has 1 N–H and O–H groups in total. The van der Waals surface area contributed by atoms with Crippen LogP contribution in [0.15, 0.2) is 57.3 Å². The van der Waals surface area contributed by atoms with Crippen molar-refractivity contribution in [3.05, 3.63) is 62.8 Å². The van der Waals surface area contributed by atoms with Crippen molar-refractivity contribution in [1.82, 2.24) is 9.78 Å². The minimum Gasteiger partial charge on any atom is -0.325 e. The van der Waals surface area contributed by atoms with Crippen LogP contribution in [-0.2, 0) is 4.79 Å².